The molecule has 0 spiro atoms. The van der Waals surface area contributed by atoms with Crippen molar-refractivity contribution in [2.75, 3.05) is 5.32 Å². The van der Waals surface area contributed by atoms with Crippen LogP contribution in [0.2, 0.25) is 0 Å². The molecule has 6 rings (SSSR count). The molecule has 0 aliphatic heterocycles. The van der Waals surface area contributed by atoms with Crippen molar-refractivity contribution in [2.24, 2.45) is 0 Å². The predicted octanol–water partition coefficient (Wildman–Crippen LogP) is 5.15. The quantitative estimate of drug-likeness (QED) is 0.310. The average Bonchev–Trinajstić information content (AvgIpc) is 3.52. The van der Waals surface area contributed by atoms with Gasteiger partial charge >= 0.3 is 0 Å². The van der Waals surface area contributed by atoms with E-state index >= 15 is 4.39 Å². The minimum absolute atomic E-state index is 0.00720. The number of H-pyrrole nitrogens is 2. The maximum absolute atomic E-state index is 15.0. The van der Waals surface area contributed by atoms with Crippen molar-refractivity contribution in [3.63, 3.8) is 0 Å². The first-order chi connectivity index (χ1) is 17.6. The molecule has 36 heavy (non-hydrogen) atoms. The Labute approximate surface area is 202 Å². The molecule has 0 atom stereocenters. The fraction of sp³-hybridized carbons (Fsp3) is 0.0400. The largest absolute Gasteiger partial charge is 0.434 e. The van der Waals surface area contributed by atoms with Gasteiger partial charge in [0.05, 0.1) is 16.7 Å². The van der Waals surface area contributed by atoms with Gasteiger partial charge in [0.15, 0.2) is 28.8 Å². The number of halogens is 1. The van der Waals surface area contributed by atoms with Crippen LogP contribution in [0.3, 0.4) is 0 Å². The number of aryl methyl sites for hydroxylation is 1. The van der Waals surface area contributed by atoms with E-state index in [2.05, 4.69) is 40.4 Å². The van der Waals surface area contributed by atoms with Crippen molar-refractivity contribution in [3.8, 4) is 29.0 Å². The van der Waals surface area contributed by atoms with Crippen LogP contribution >= 0.6 is 0 Å². The summed E-state index contributed by atoms with van der Waals surface area (Å²) in [6, 6.07) is 14.3. The van der Waals surface area contributed by atoms with Gasteiger partial charge in [-0.1, -0.05) is 6.07 Å². The summed E-state index contributed by atoms with van der Waals surface area (Å²) in [5.74, 6) is -0.0935. The molecule has 6 aromatic rings. The lowest BCUT2D eigenvalue weighted by molar-refractivity contribution is 0.428. The molecular weight excluding hydrogens is 461 g/mol. The first-order valence-corrected chi connectivity index (χ1v) is 10.8. The van der Waals surface area contributed by atoms with E-state index in [-0.39, 0.29) is 23.0 Å². The summed E-state index contributed by atoms with van der Waals surface area (Å²) < 4.78 is 20.7. The van der Waals surface area contributed by atoms with Gasteiger partial charge in [-0.05, 0) is 37.3 Å². The summed E-state index contributed by atoms with van der Waals surface area (Å²) in [6.45, 7) is 1.84. The van der Waals surface area contributed by atoms with Crippen molar-refractivity contribution in [1.29, 1.82) is 5.26 Å². The summed E-state index contributed by atoms with van der Waals surface area (Å²) >= 11 is 0. The molecule has 0 bridgehead atoms. The van der Waals surface area contributed by atoms with Gasteiger partial charge in [-0.3, -0.25) is 15.1 Å². The highest BCUT2D eigenvalue weighted by molar-refractivity contribution is 5.83. The SMILES string of the molecule is Cc1cc2c(F)c(Oc3ncnc(Nc4cc(-c5ccc6nccnc6c5)[nH]n4)c3C#N)ccc2[nH]1. The Morgan fingerprint density at radius 3 is 2.72 bits per heavy atom. The van der Waals surface area contributed by atoms with Gasteiger partial charge in [0.2, 0.25) is 5.88 Å². The highest BCUT2D eigenvalue weighted by Gasteiger charge is 2.18. The third-order valence-electron chi connectivity index (χ3n) is 5.57. The van der Waals surface area contributed by atoms with Crippen LogP contribution in [0.4, 0.5) is 16.0 Å². The Balaban J connectivity index is 1.29. The molecule has 0 saturated carbocycles. The number of nitrogens with zero attached hydrogens (tertiary/aromatic N) is 6. The summed E-state index contributed by atoms with van der Waals surface area (Å²) in [7, 11) is 0. The zero-order chi connectivity index (χ0) is 24.6. The number of rotatable bonds is 5. The molecule has 174 valence electrons. The van der Waals surface area contributed by atoms with E-state index in [1.165, 1.54) is 12.4 Å². The number of fused-ring (bicyclic) bond motifs is 2. The maximum Gasteiger partial charge on any atom is 0.242 e. The van der Waals surface area contributed by atoms with Crippen LogP contribution in [0.5, 0.6) is 11.6 Å². The van der Waals surface area contributed by atoms with Gasteiger partial charge in [0.25, 0.3) is 0 Å². The smallest absolute Gasteiger partial charge is 0.242 e. The van der Waals surface area contributed by atoms with Crippen molar-refractivity contribution < 1.29 is 9.13 Å². The Morgan fingerprint density at radius 1 is 1.00 bits per heavy atom. The highest BCUT2D eigenvalue weighted by Crippen LogP contribution is 2.33. The predicted molar refractivity (Wildman–Crippen MR) is 130 cm³/mol. The van der Waals surface area contributed by atoms with Crippen LogP contribution in [0, 0.1) is 24.1 Å². The number of aromatic amines is 2. The van der Waals surface area contributed by atoms with E-state index in [4.69, 9.17) is 4.74 Å². The zero-order valence-electron chi connectivity index (χ0n) is 18.7. The van der Waals surface area contributed by atoms with E-state index in [1.807, 2.05) is 31.2 Å². The van der Waals surface area contributed by atoms with Gasteiger partial charge < -0.3 is 15.0 Å². The van der Waals surface area contributed by atoms with E-state index in [9.17, 15) is 5.26 Å². The van der Waals surface area contributed by atoms with Crippen LogP contribution in [-0.2, 0) is 0 Å². The fourth-order valence-electron chi connectivity index (χ4n) is 3.90. The number of hydrogen-bond acceptors (Lipinski definition) is 8. The fourth-order valence-corrected chi connectivity index (χ4v) is 3.90. The number of benzene rings is 2. The monoisotopic (exact) mass is 477 g/mol. The van der Waals surface area contributed by atoms with Gasteiger partial charge in [0.1, 0.15) is 12.4 Å². The molecule has 0 aliphatic rings. The van der Waals surface area contributed by atoms with Gasteiger partial charge in [-0.15, -0.1) is 0 Å². The van der Waals surface area contributed by atoms with Gasteiger partial charge in [-0.25, -0.2) is 14.4 Å². The lowest BCUT2D eigenvalue weighted by atomic mass is 10.1. The minimum atomic E-state index is -0.550. The third-order valence-corrected chi connectivity index (χ3v) is 5.57. The zero-order valence-corrected chi connectivity index (χ0v) is 18.7. The Bertz CT molecular complexity index is 1800. The molecule has 4 aromatic heterocycles. The molecule has 0 amide bonds. The Kier molecular flexibility index (Phi) is 4.97. The van der Waals surface area contributed by atoms with Crippen LogP contribution in [0.25, 0.3) is 33.2 Å². The molecule has 10 nitrogen and oxygen atoms in total. The van der Waals surface area contributed by atoms with E-state index < -0.39 is 5.82 Å². The van der Waals surface area contributed by atoms with Crippen LogP contribution < -0.4 is 10.1 Å². The molecular formula is C25H16FN9O. The number of nitriles is 1. The summed E-state index contributed by atoms with van der Waals surface area (Å²) in [5.41, 5.74) is 4.61. The first kappa shape index (κ1) is 21.2. The van der Waals surface area contributed by atoms with Crippen LogP contribution in [0.1, 0.15) is 11.3 Å². The molecule has 0 unspecified atom stereocenters. The number of nitrogens with one attached hydrogen (secondary N) is 3. The molecule has 11 heteroatoms. The molecule has 0 saturated heterocycles. The minimum Gasteiger partial charge on any atom is -0.434 e. The molecule has 2 aromatic carbocycles. The Hall–Kier alpha value is -5.37. The lowest BCUT2D eigenvalue weighted by Crippen LogP contribution is -2.02. The van der Waals surface area contributed by atoms with E-state index in [1.54, 1.807) is 30.6 Å². The number of hydrogen-bond donors (Lipinski definition) is 3. The summed E-state index contributed by atoms with van der Waals surface area (Å²) in [6.07, 6.45) is 4.50. The third kappa shape index (κ3) is 3.72. The normalized spacial score (nSPS) is 11.0. The van der Waals surface area contributed by atoms with Crippen molar-refractivity contribution in [1.82, 2.24) is 35.1 Å². The van der Waals surface area contributed by atoms with Crippen LogP contribution in [0.15, 0.2) is 61.2 Å². The molecule has 0 aliphatic carbocycles. The maximum atomic E-state index is 15.0. The van der Waals surface area contributed by atoms with Gasteiger partial charge in [0, 0.05) is 40.6 Å². The second kappa shape index (κ2) is 8.44. The van der Waals surface area contributed by atoms with E-state index in [0.717, 1.165) is 28.0 Å². The molecule has 3 N–H and O–H groups in total. The number of ether oxygens (including phenoxy) is 1. The van der Waals surface area contributed by atoms with Crippen molar-refractivity contribution >= 4 is 33.6 Å². The van der Waals surface area contributed by atoms with E-state index in [0.29, 0.717) is 16.7 Å². The van der Waals surface area contributed by atoms with Crippen LogP contribution in [-0.4, -0.2) is 35.1 Å². The average molecular weight is 477 g/mol. The van der Waals surface area contributed by atoms with Gasteiger partial charge in [-0.2, -0.15) is 10.4 Å². The molecule has 4 heterocycles. The second-order valence-electron chi connectivity index (χ2n) is 7.96. The molecule has 0 radical (unpaired) electrons. The standard InChI is InChI=1S/C25H16FN9O/c1-13-8-15-17(32-13)4-5-21(23(15)26)36-25-16(11-27)24(30-12-31-25)33-22-10-19(34-35-22)14-2-3-18-20(9-14)29-7-6-28-18/h2-10,12,32H,1H3,(H2,30,31,33,34,35). The Morgan fingerprint density at radius 2 is 1.86 bits per heavy atom. The first-order valence-electron chi connectivity index (χ1n) is 10.8. The summed E-state index contributed by atoms with van der Waals surface area (Å²) in [4.78, 5) is 19.9. The van der Waals surface area contributed by atoms with Crippen molar-refractivity contribution in [3.05, 3.63) is 78.3 Å². The second-order valence-corrected chi connectivity index (χ2v) is 7.96. The number of anilines is 2. The number of aromatic nitrogens is 7. The highest BCUT2D eigenvalue weighted by atomic mass is 19.1. The topological polar surface area (TPSA) is 141 Å². The molecule has 0 fully saturated rings. The lowest BCUT2D eigenvalue weighted by Gasteiger charge is -2.10. The van der Waals surface area contributed by atoms with Crippen molar-refractivity contribution in [2.45, 2.75) is 6.92 Å². The summed E-state index contributed by atoms with van der Waals surface area (Å²) in [5, 5.41) is 20.4.